The summed E-state index contributed by atoms with van der Waals surface area (Å²) in [4.78, 5) is 35.5. The van der Waals surface area contributed by atoms with Gasteiger partial charge in [0.2, 0.25) is 15.9 Å². The van der Waals surface area contributed by atoms with Crippen LogP contribution in [-0.2, 0) is 26.1 Å². The molecule has 2 N–H and O–H groups in total. The Labute approximate surface area is 171 Å². The van der Waals surface area contributed by atoms with Crippen LogP contribution in [0.2, 0.25) is 0 Å². The number of nitrogens with one attached hydrogen (secondary N) is 2. The van der Waals surface area contributed by atoms with E-state index in [2.05, 4.69) is 10.6 Å². The third kappa shape index (κ3) is 7.86. The van der Waals surface area contributed by atoms with Crippen LogP contribution in [-0.4, -0.2) is 61.1 Å². The molecule has 11 heteroatoms. The number of carbonyl (C=O) groups excluding carboxylic acids is 2. The Balaban J connectivity index is 2.68. The highest BCUT2D eigenvalue weighted by Gasteiger charge is 2.22. The van der Waals surface area contributed by atoms with Gasteiger partial charge in [-0.25, -0.2) is 13.2 Å². The van der Waals surface area contributed by atoms with Gasteiger partial charge in [-0.2, -0.15) is 4.31 Å². The molecule has 0 aliphatic carbocycles. The maximum absolute atomic E-state index is 12.6. The number of hydrogen-bond acceptors (Lipinski definition) is 6. The van der Waals surface area contributed by atoms with Crippen LogP contribution >= 0.6 is 0 Å². The Morgan fingerprint density at radius 2 is 1.69 bits per heavy atom. The zero-order valence-corrected chi connectivity index (χ0v) is 18.3. The summed E-state index contributed by atoms with van der Waals surface area (Å²) < 4.78 is 32.5. The second-order valence-corrected chi connectivity index (χ2v) is 9.14. The van der Waals surface area contributed by atoms with Gasteiger partial charge in [-0.1, -0.05) is 13.8 Å². The summed E-state index contributed by atoms with van der Waals surface area (Å²) in [5, 5.41) is 5.05. The number of alkyl carbamates (subject to hydrolysis) is 1. The third-order valence-electron chi connectivity index (χ3n) is 3.73. The van der Waals surface area contributed by atoms with E-state index in [0.29, 0.717) is 13.1 Å². The van der Waals surface area contributed by atoms with E-state index >= 15 is 0 Å². The molecule has 1 heterocycles. The van der Waals surface area contributed by atoms with Crippen molar-refractivity contribution in [3.05, 3.63) is 28.7 Å². The van der Waals surface area contributed by atoms with Gasteiger partial charge in [-0.3, -0.25) is 9.59 Å². The molecule has 0 aliphatic heterocycles. The van der Waals surface area contributed by atoms with E-state index in [1.807, 2.05) is 0 Å². The van der Waals surface area contributed by atoms with E-state index in [-0.39, 0.29) is 24.5 Å². The topological polar surface area (TPSA) is 127 Å². The first-order valence-electron chi connectivity index (χ1n) is 9.35. The van der Waals surface area contributed by atoms with Gasteiger partial charge >= 0.3 is 6.09 Å². The van der Waals surface area contributed by atoms with Crippen LogP contribution in [0.25, 0.3) is 0 Å². The predicted octanol–water partition coefficient (Wildman–Crippen LogP) is 0.520. The number of hydrogen-bond donors (Lipinski definition) is 2. The lowest BCUT2D eigenvalue weighted by Crippen LogP contribution is -2.39. The molecule has 1 aromatic rings. The van der Waals surface area contributed by atoms with E-state index < -0.39 is 33.2 Å². The number of amides is 2. The lowest BCUT2D eigenvalue weighted by molar-refractivity contribution is -0.121. The molecule has 2 amide bonds. The lowest BCUT2D eigenvalue weighted by Gasteiger charge is -2.19. The van der Waals surface area contributed by atoms with Gasteiger partial charge < -0.3 is 19.9 Å². The molecule has 0 saturated heterocycles. The van der Waals surface area contributed by atoms with Gasteiger partial charge in [0.15, 0.2) is 0 Å². The van der Waals surface area contributed by atoms with Gasteiger partial charge in [-0.05, 0) is 26.8 Å². The number of sulfonamides is 1. The number of aromatic nitrogens is 1. The molecular formula is C18H30N4O6S. The normalized spacial score (nSPS) is 11.9. The first-order chi connectivity index (χ1) is 13.4. The van der Waals surface area contributed by atoms with Crippen molar-refractivity contribution in [2.45, 2.75) is 51.7 Å². The summed E-state index contributed by atoms with van der Waals surface area (Å²) >= 11 is 0. The molecule has 0 spiro atoms. The van der Waals surface area contributed by atoms with Crippen LogP contribution in [0.15, 0.2) is 28.0 Å². The standard InChI is InChI=1S/C18H30N4O6S/c1-6-22(7-2)29(26,27)14-8-9-16(24)21(12-14)13-15(23)19-10-11-20-17(25)28-18(3,4)5/h8-9,12H,6-7,10-11,13H2,1-5H3,(H,19,23)(H,20,25). The minimum atomic E-state index is -3.74. The summed E-state index contributed by atoms with van der Waals surface area (Å²) in [7, 11) is -3.74. The monoisotopic (exact) mass is 430 g/mol. The molecule has 0 atom stereocenters. The molecule has 1 aromatic heterocycles. The first-order valence-corrected chi connectivity index (χ1v) is 10.8. The lowest BCUT2D eigenvalue weighted by atomic mass is 10.2. The Kier molecular flexibility index (Phi) is 8.83. The summed E-state index contributed by atoms with van der Waals surface area (Å²) in [6.07, 6.45) is 0.561. The largest absolute Gasteiger partial charge is 0.444 e. The molecule has 0 radical (unpaired) electrons. The van der Waals surface area contributed by atoms with Crippen molar-refractivity contribution in [2.75, 3.05) is 26.2 Å². The van der Waals surface area contributed by atoms with Gasteiger partial charge in [0.05, 0.1) is 4.90 Å². The molecule has 29 heavy (non-hydrogen) atoms. The maximum atomic E-state index is 12.6. The highest BCUT2D eigenvalue weighted by atomic mass is 32.2. The average Bonchev–Trinajstić information content (AvgIpc) is 2.59. The van der Waals surface area contributed by atoms with Crippen LogP contribution in [0, 0.1) is 0 Å². The minimum Gasteiger partial charge on any atom is -0.444 e. The van der Waals surface area contributed by atoms with Crippen LogP contribution in [0.5, 0.6) is 0 Å². The molecule has 0 fully saturated rings. The summed E-state index contributed by atoms with van der Waals surface area (Å²) in [5.41, 5.74) is -1.11. The maximum Gasteiger partial charge on any atom is 0.407 e. The number of rotatable bonds is 9. The molecule has 0 bridgehead atoms. The predicted molar refractivity (Wildman–Crippen MR) is 108 cm³/mol. The van der Waals surface area contributed by atoms with E-state index in [0.717, 1.165) is 16.8 Å². The van der Waals surface area contributed by atoms with Crippen molar-refractivity contribution in [3.8, 4) is 0 Å². The first kappa shape index (κ1) is 24.6. The highest BCUT2D eigenvalue weighted by Crippen LogP contribution is 2.13. The van der Waals surface area contributed by atoms with Crippen molar-refractivity contribution >= 4 is 22.0 Å². The van der Waals surface area contributed by atoms with E-state index in [9.17, 15) is 22.8 Å². The average molecular weight is 431 g/mol. The van der Waals surface area contributed by atoms with Crippen LogP contribution in [0.4, 0.5) is 4.79 Å². The van der Waals surface area contributed by atoms with Gasteiger partial charge in [0.1, 0.15) is 12.1 Å². The Hall–Kier alpha value is -2.40. The van der Waals surface area contributed by atoms with Gasteiger partial charge in [0.25, 0.3) is 5.56 Å². The minimum absolute atomic E-state index is 0.0554. The summed E-state index contributed by atoms with van der Waals surface area (Å²) in [5.74, 6) is -0.490. The number of carbonyl (C=O) groups is 2. The van der Waals surface area contributed by atoms with Crippen molar-refractivity contribution < 1.29 is 22.7 Å². The molecule has 0 unspecified atom stereocenters. The van der Waals surface area contributed by atoms with E-state index in [1.165, 1.54) is 10.4 Å². The van der Waals surface area contributed by atoms with Crippen LogP contribution in [0.3, 0.4) is 0 Å². The van der Waals surface area contributed by atoms with Crippen LogP contribution < -0.4 is 16.2 Å². The summed E-state index contributed by atoms with van der Waals surface area (Å²) in [6, 6.07) is 2.35. The number of nitrogens with zero attached hydrogens (tertiary/aromatic N) is 2. The van der Waals surface area contributed by atoms with Crippen molar-refractivity contribution in [3.63, 3.8) is 0 Å². The van der Waals surface area contributed by atoms with Crippen LogP contribution in [0.1, 0.15) is 34.6 Å². The number of pyridine rings is 1. The zero-order valence-electron chi connectivity index (χ0n) is 17.5. The molecular weight excluding hydrogens is 400 g/mol. The van der Waals surface area contributed by atoms with Crippen molar-refractivity contribution in [2.24, 2.45) is 0 Å². The number of ether oxygens (including phenoxy) is 1. The molecule has 0 aliphatic rings. The van der Waals surface area contributed by atoms with E-state index in [1.54, 1.807) is 34.6 Å². The quantitative estimate of drug-likeness (QED) is 0.550. The molecule has 164 valence electrons. The Bertz CT molecular complexity index is 869. The molecule has 10 nitrogen and oxygen atoms in total. The Morgan fingerprint density at radius 1 is 1.10 bits per heavy atom. The van der Waals surface area contributed by atoms with E-state index in [4.69, 9.17) is 4.74 Å². The smallest absolute Gasteiger partial charge is 0.407 e. The molecule has 1 rings (SSSR count). The zero-order chi connectivity index (χ0) is 22.2. The van der Waals surface area contributed by atoms with Gasteiger partial charge in [0, 0.05) is 38.4 Å². The molecule has 0 saturated carbocycles. The Morgan fingerprint density at radius 3 is 2.24 bits per heavy atom. The molecule has 0 aromatic carbocycles. The summed E-state index contributed by atoms with van der Waals surface area (Å²) in [6.45, 7) is 9.17. The van der Waals surface area contributed by atoms with Crippen molar-refractivity contribution in [1.29, 1.82) is 0 Å². The SMILES string of the molecule is CCN(CC)S(=O)(=O)c1ccc(=O)n(CC(=O)NCCNC(=O)OC(C)(C)C)c1. The second kappa shape index (κ2) is 10.4. The fraction of sp³-hybridized carbons (Fsp3) is 0.611. The third-order valence-corrected chi connectivity index (χ3v) is 5.76. The highest BCUT2D eigenvalue weighted by molar-refractivity contribution is 7.89. The van der Waals surface area contributed by atoms with Gasteiger partial charge in [-0.15, -0.1) is 0 Å². The fourth-order valence-corrected chi connectivity index (χ4v) is 3.87. The fourth-order valence-electron chi connectivity index (χ4n) is 2.39. The van der Waals surface area contributed by atoms with Crippen molar-refractivity contribution in [1.82, 2.24) is 19.5 Å². The second-order valence-electron chi connectivity index (χ2n) is 7.20.